The molecule has 4 heteroatoms. The van der Waals surface area contributed by atoms with Crippen molar-refractivity contribution in [3.63, 3.8) is 0 Å². The number of aliphatic hydroxyl groups is 1. The van der Waals surface area contributed by atoms with E-state index in [1.807, 2.05) is 39.0 Å². The Kier molecular flexibility index (Phi) is 8.49. The van der Waals surface area contributed by atoms with Gasteiger partial charge in [-0.05, 0) is 41.3 Å². The van der Waals surface area contributed by atoms with Crippen LogP contribution in [0.4, 0.5) is 0 Å². The smallest absolute Gasteiger partial charge is 0.223 e. The second kappa shape index (κ2) is 9.70. The summed E-state index contributed by atoms with van der Waals surface area (Å²) in [5, 5.41) is 14.5. The van der Waals surface area contributed by atoms with E-state index < -0.39 is 11.0 Å². The summed E-state index contributed by atoms with van der Waals surface area (Å²) < 4.78 is 0. The molecule has 1 unspecified atom stereocenters. The van der Waals surface area contributed by atoms with Gasteiger partial charge in [-0.1, -0.05) is 78.6 Å². The number of nitrogens with two attached hydrogens (primary N) is 1. The summed E-state index contributed by atoms with van der Waals surface area (Å²) in [5.74, 6) is -0.104. The number of hydrogen-bond donors (Lipinski definition) is 3. The fourth-order valence-electron chi connectivity index (χ4n) is 3.19. The van der Waals surface area contributed by atoms with Crippen LogP contribution in [0.3, 0.4) is 0 Å². The van der Waals surface area contributed by atoms with Crippen LogP contribution in [0, 0.1) is 5.41 Å². The van der Waals surface area contributed by atoms with Crippen molar-refractivity contribution < 1.29 is 9.90 Å². The normalized spacial score (nSPS) is 14.7. The van der Waals surface area contributed by atoms with Gasteiger partial charge in [0, 0.05) is 6.54 Å². The molecule has 0 bridgehead atoms. The molecule has 0 saturated heterocycles. The molecular weight excluding hydrogens is 336 g/mol. The molecule has 1 rings (SSSR count). The van der Waals surface area contributed by atoms with E-state index in [1.165, 1.54) is 0 Å². The zero-order valence-corrected chi connectivity index (χ0v) is 18.2. The molecular formula is C23H40N2O2. The van der Waals surface area contributed by atoms with Gasteiger partial charge in [0.25, 0.3) is 0 Å². The number of amides is 1. The monoisotopic (exact) mass is 376 g/mol. The molecule has 0 radical (unpaired) electrons. The number of unbranched alkanes of at least 4 members (excludes halogenated alkanes) is 3. The highest BCUT2D eigenvalue weighted by Gasteiger charge is 2.43. The van der Waals surface area contributed by atoms with Crippen LogP contribution in [0.5, 0.6) is 0 Å². The van der Waals surface area contributed by atoms with Crippen LogP contribution < -0.4 is 11.1 Å². The van der Waals surface area contributed by atoms with Crippen molar-refractivity contribution in [3.8, 4) is 0 Å². The Morgan fingerprint density at radius 3 is 2.15 bits per heavy atom. The topological polar surface area (TPSA) is 75.3 Å². The number of hydrogen-bond acceptors (Lipinski definition) is 3. The first-order valence-corrected chi connectivity index (χ1v) is 10.2. The summed E-state index contributed by atoms with van der Waals surface area (Å²) >= 11 is 0. The molecule has 4 nitrogen and oxygen atoms in total. The van der Waals surface area contributed by atoms with Crippen LogP contribution in [0.15, 0.2) is 24.3 Å². The minimum atomic E-state index is -1.22. The van der Waals surface area contributed by atoms with Crippen molar-refractivity contribution in [2.45, 2.75) is 84.7 Å². The first-order chi connectivity index (χ1) is 12.4. The molecule has 0 fully saturated rings. The third-order valence-corrected chi connectivity index (χ3v) is 5.32. The molecule has 0 heterocycles. The quantitative estimate of drug-likeness (QED) is 0.564. The van der Waals surface area contributed by atoms with Crippen LogP contribution in [0.2, 0.25) is 0 Å². The van der Waals surface area contributed by atoms with E-state index in [9.17, 15) is 9.90 Å². The van der Waals surface area contributed by atoms with Crippen LogP contribution in [0.25, 0.3) is 0 Å². The highest BCUT2D eigenvalue weighted by Crippen LogP contribution is 2.43. The second-order valence-corrected chi connectivity index (χ2v) is 9.67. The molecule has 0 aliphatic carbocycles. The molecule has 27 heavy (non-hydrogen) atoms. The maximum atomic E-state index is 12.6. The fourth-order valence-corrected chi connectivity index (χ4v) is 3.19. The lowest BCUT2D eigenvalue weighted by Gasteiger charge is -2.41. The van der Waals surface area contributed by atoms with Crippen molar-refractivity contribution in [1.29, 1.82) is 0 Å². The first kappa shape index (κ1) is 23.6. The predicted molar refractivity (Wildman–Crippen MR) is 114 cm³/mol. The molecule has 0 spiro atoms. The van der Waals surface area contributed by atoms with Gasteiger partial charge < -0.3 is 16.2 Å². The molecule has 0 saturated carbocycles. The van der Waals surface area contributed by atoms with E-state index in [0.29, 0.717) is 6.54 Å². The molecule has 0 aliphatic rings. The average Bonchev–Trinajstić information content (AvgIpc) is 2.56. The second-order valence-electron chi connectivity index (χ2n) is 9.67. The Morgan fingerprint density at radius 1 is 1.00 bits per heavy atom. The van der Waals surface area contributed by atoms with Crippen molar-refractivity contribution in [3.05, 3.63) is 35.4 Å². The molecule has 1 amide bonds. The minimum Gasteiger partial charge on any atom is -0.384 e. The van der Waals surface area contributed by atoms with Crippen molar-refractivity contribution in [2.24, 2.45) is 11.1 Å². The lowest BCUT2D eigenvalue weighted by atomic mass is 9.69. The molecule has 0 aromatic heterocycles. The standard InChI is InChI=1S/C23H40N2O2/c1-21(2,3)18-12-11-13-19(16-18)23(27,22(4,5)6)17-20(26)25-15-10-8-7-9-14-24/h11-13,16,27H,7-10,14-15,17,24H2,1-6H3,(H,25,26). The number of nitrogens with one attached hydrogen (secondary N) is 1. The minimum absolute atomic E-state index is 0.0133. The van der Waals surface area contributed by atoms with Gasteiger partial charge in [0.05, 0.1) is 6.42 Å². The van der Waals surface area contributed by atoms with E-state index >= 15 is 0 Å². The molecule has 4 N–H and O–H groups in total. The van der Waals surface area contributed by atoms with Gasteiger partial charge in [-0.25, -0.2) is 0 Å². The van der Waals surface area contributed by atoms with Crippen LogP contribution in [-0.4, -0.2) is 24.1 Å². The Hall–Kier alpha value is -1.39. The van der Waals surface area contributed by atoms with Gasteiger partial charge in [0.1, 0.15) is 5.60 Å². The van der Waals surface area contributed by atoms with Gasteiger partial charge >= 0.3 is 0 Å². The summed E-state index contributed by atoms with van der Waals surface area (Å²) in [6.45, 7) is 13.8. The van der Waals surface area contributed by atoms with E-state index in [2.05, 4.69) is 32.2 Å². The third kappa shape index (κ3) is 6.93. The lowest BCUT2D eigenvalue weighted by molar-refractivity contribution is -0.134. The van der Waals surface area contributed by atoms with Crippen LogP contribution in [-0.2, 0) is 15.8 Å². The summed E-state index contributed by atoms with van der Waals surface area (Å²) in [6.07, 6.45) is 4.19. The molecule has 1 atom stereocenters. The molecule has 0 aliphatic heterocycles. The zero-order valence-electron chi connectivity index (χ0n) is 18.2. The summed E-state index contributed by atoms with van der Waals surface area (Å²) in [5.41, 5.74) is 5.75. The Bertz CT molecular complexity index is 599. The highest BCUT2D eigenvalue weighted by molar-refractivity contribution is 5.77. The molecule has 154 valence electrons. The van der Waals surface area contributed by atoms with E-state index in [-0.39, 0.29) is 17.7 Å². The number of rotatable bonds is 9. The van der Waals surface area contributed by atoms with Crippen LogP contribution >= 0.6 is 0 Å². The van der Waals surface area contributed by atoms with Crippen LogP contribution in [0.1, 0.15) is 84.8 Å². The van der Waals surface area contributed by atoms with E-state index in [1.54, 1.807) is 0 Å². The number of carbonyl (C=O) groups is 1. The van der Waals surface area contributed by atoms with E-state index in [4.69, 9.17) is 5.73 Å². The average molecular weight is 377 g/mol. The summed E-state index contributed by atoms with van der Waals surface area (Å²) in [4.78, 5) is 12.6. The Balaban J connectivity index is 2.88. The number of benzene rings is 1. The summed E-state index contributed by atoms with van der Waals surface area (Å²) in [6, 6.07) is 8.03. The maximum absolute atomic E-state index is 12.6. The van der Waals surface area contributed by atoms with Gasteiger partial charge in [-0.3, -0.25) is 4.79 Å². The third-order valence-electron chi connectivity index (χ3n) is 5.32. The van der Waals surface area contributed by atoms with E-state index in [0.717, 1.165) is 43.4 Å². The maximum Gasteiger partial charge on any atom is 0.223 e. The van der Waals surface area contributed by atoms with Gasteiger partial charge in [-0.15, -0.1) is 0 Å². The first-order valence-electron chi connectivity index (χ1n) is 10.2. The molecule has 1 aromatic carbocycles. The largest absolute Gasteiger partial charge is 0.384 e. The summed E-state index contributed by atoms with van der Waals surface area (Å²) in [7, 11) is 0. The van der Waals surface area contributed by atoms with Crippen molar-refractivity contribution in [1.82, 2.24) is 5.32 Å². The van der Waals surface area contributed by atoms with Gasteiger partial charge in [-0.2, -0.15) is 0 Å². The van der Waals surface area contributed by atoms with Crippen molar-refractivity contribution >= 4 is 5.91 Å². The Morgan fingerprint density at radius 2 is 1.59 bits per heavy atom. The molecule has 1 aromatic rings. The predicted octanol–water partition coefficient (Wildman–Crippen LogP) is 4.24. The van der Waals surface area contributed by atoms with Gasteiger partial charge in [0.2, 0.25) is 5.91 Å². The fraction of sp³-hybridized carbons (Fsp3) is 0.696. The SMILES string of the molecule is CC(C)(C)c1cccc(C(O)(CC(=O)NCCCCCCN)C(C)(C)C)c1. The Labute approximate surface area is 165 Å². The lowest BCUT2D eigenvalue weighted by Crippen LogP contribution is -2.44. The highest BCUT2D eigenvalue weighted by atomic mass is 16.3. The van der Waals surface area contributed by atoms with Gasteiger partial charge in [0.15, 0.2) is 0 Å². The zero-order chi connectivity index (χ0) is 20.7. The number of carbonyl (C=O) groups excluding carboxylic acids is 1. The van der Waals surface area contributed by atoms with Crippen molar-refractivity contribution in [2.75, 3.05) is 13.1 Å².